The minimum atomic E-state index is -0.526. The Hall–Kier alpha value is -0.730. The summed E-state index contributed by atoms with van der Waals surface area (Å²) in [5, 5.41) is 0. The Bertz CT molecular complexity index is 217. The van der Waals surface area contributed by atoms with Crippen LogP contribution in [-0.4, -0.2) is 17.9 Å². The number of hydrogen-bond acceptors (Lipinski definition) is 3. The van der Waals surface area contributed by atoms with E-state index in [9.17, 15) is 4.79 Å². The van der Waals surface area contributed by atoms with Gasteiger partial charge in [-0.2, -0.15) is 0 Å². The molecule has 1 aliphatic carbocycles. The summed E-state index contributed by atoms with van der Waals surface area (Å²) >= 11 is 0. The Balaban J connectivity index is 2.31. The van der Waals surface area contributed by atoms with Gasteiger partial charge in [-0.25, -0.2) is 4.79 Å². The standard InChI is InChI=1S/C12H22O3/c1-9-6-5-7-10(8-9)14-11(13)15-12(2,3)4/h9-10H,5-8H2,1-4H3. The Morgan fingerprint density at radius 2 is 1.93 bits per heavy atom. The predicted molar refractivity (Wildman–Crippen MR) is 58.7 cm³/mol. The van der Waals surface area contributed by atoms with E-state index in [1.165, 1.54) is 6.42 Å². The van der Waals surface area contributed by atoms with Gasteiger partial charge in [0.05, 0.1) is 0 Å². The van der Waals surface area contributed by atoms with E-state index in [1.54, 1.807) is 0 Å². The van der Waals surface area contributed by atoms with Crippen LogP contribution in [0.3, 0.4) is 0 Å². The lowest BCUT2D eigenvalue weighted by Crippen LogP contribution is -2.29. The van der Waals surface area contributed by atoms with E-state index in [4.69, 9.17) is 9.47 Å². The summed E-state index contributed by atoms with van der Waals surface area (Å²) in [7, 11) is 0. The minimum absolute atomic E-state index is 0.0589. The summed E-state index contributed by atoms with van der Waals surface area (Å²) < 4.78 is 10.4. The average Bonchev–Trinajstić information content (AvgIpc) is 1.99. The molecule has 1 saturated carbocycles. The highest BCUT2D eigenvalue weighted by atomic mass is 16.7. The van der Waals surface area contributed by atoms with Gasteiger partial charge in [0.25, 0.3) is 0 Å². The fourth-order valence-corrected chi connectivity index (χ4v) is 1.90. The first-order valence-electron chi connectivity index (χ1n) is 5.76. The highest BCUT2D eigenvalue weighted by Gasteiger charge is 2.25. The molecule has 1 rings (SSSR count). The van der Waals surface area contributed by atoms with Crippen molar-refractivity contribution in [2.24, 2.45) is 5.92 Å². The molecule has 0 radical (unpaired) electrons. The van der Waals surface area contributed by atoms with Gasteiger partial charge in [0.1, 0.15) is 11.7 Å². The van der Waals surface area contributed by atoms with E-state index in [0.29, 0.717) is 5.92 Å². The number of hydrogen-bond donors (Lipinski definition) is 0. The third-order valence-electron chi connectivity index (χ3n) is 2.54. The molecule has 2 unspecified atom stereocenters. The molecule has 0 saturated heterocycles. The van der Waals surface area contributed by atoms with Crippen LogP contribution >= 0.6 is 0 Å². The second-order valence-electron chi connectivity index (χ2n) is 5.48. The van der Waals surface area contributed by atoms with Gasteiger partial charge in [-0.3, -0.25) is 0 Å². The smallest absolute Gasteiger partial charge is 0.431 e. The first-order valence-corrected chi connectivity index (χ1v) is 5.76. The zero-order valence-corrected chi connectivity index (χ0v) is 10.2. The minimum Gasteiger partial charge on any atom is -0.431 e. The van der Waals surface area contributed by atoms with E-state index in [1.807, 2.05) is 20.8 Å². The molecule has 0 aliphatic heterocycles. The summed E-state index contributed by atoms with van der Waals surface area (Å²) in [6.45, 7) is 7.73. The maximum absolute atomic E-state index is 11.4. The summed E-state index contributed by atoms with van der Waals surface area (Å²) in [5.74, 6) is 0.659. The average molecular weight is 214 g/mol. The molecule has 0 aromatic heterocycles. The molecule has 88 valence electrons. The number of ether oxygens (including phenoxy) is 2. The third-order valence-corrected chi connectivity index (χ3v) is 2.54. The Kier molecular flexibility index (Phi) is 4.00. The van der Waals surface area contributed by atoms with Crippen molar-refractivity contribution in [3.8, 4) is 0 Å². The lowest BCUT2D eigenvalue weighted by atomic mass is 9.89. The lowest BCUT2D eigenvalue weighted by Gasteiger charge is -2.27. The Morgan fingerprint density at radius 3 is 2.47 bits per heavy atom. The summed E-state index contributed by atoms with van der Waals surface area (Å²) in [6.07, 6.45) is 3.87. The Labute approximate surface area is 92.1 Å². The van der Waals surface area contributed by atoms with Crippen molar-refractivity contribution in [2.75, 3.05) is 0 Å². The second kappa shape index (κ2) is 4.86. The van der Waals surface area contributed by atoms with Crippen molar-refractivity contribution < 1.29 is 14.3 Å². The van der Waals surface area contributed by atoms with Gasteiger partial charge < -0.3 is 9.47 Å². The first-order chi connectivity index (χ1) is 6.87. The van der Waals surface area contributed by atoms with Crippen molar-refractivity contribution in [2.45, 2.75) is 65.1 Å². The predicted octanol–water partition coefficient (Wildman–Crippen LogP) is 3.52. The van der Waals surface area contributed by atoms with Gasteiger partial charge in [0, 0.05) is 0 Å². The molecule has 0 spiro atoms. The normalized spacial score (nSPS) is 27.2. The summed E-state index contributed by atoms with van der Waals surface area (Å²) in [6, 6.07) is 0. The van der Waals surface area contributed by atoms with Crippen LogP contribution in [0.5, 0.6) is 0 Å². The molecule has 0 heterocycles. The van der Waals surface area contributed by atoms with E-state index in [0.717, 1.165) is 19.3 Å². The van der Waals surface area contributed by atoms with Crippen LogP contribution < -0.4 is 0 Å². The van der Waals surface area contributed by atoms with Crippen molar-refractivity contribution in [1.82, 2.24) is 0 Å². The van der Waals surface area contributed by atoms with E-state index < -0.39 is 11.8 Å². The van der Waals surface area contributed by atoms with Gasteiger partial charge in [-0.15, -0.1) is 0 Å². The molecule has 15 heavy (non-hydrogen) atoms. The van der Waals surface area contributed by atoms with Crippen LogP contribution in [0, 0.1) is 5.92 Å². The van der Waals surface area contributed by atoms with E-state index >= 15 is 0 Å². The van der Waals surface area contributed by atoms with Gasteiger partial charge >= 0.3 is 6.16 Å². The highest BCUT2D eigenvalue weighted by molar-refractivity contribution is 5.60. The molecule has 3 heteroatoms. The second-order valence-corrected chi connectivity index (χ2v) is 5.48. The molecule has 3 nitrogen and oxygen atoms in total. The molecular weight excluding hydrogens is 192 g/mol. The van der Waals surface area contributed by atoms with Crippen LogP contribution in [0.25, 0.3) is 0 Å². The quantitative estimate of drug-likeness (QED) is 0.626. The first kappa shape index (κ1) is 12.3. The summed E-state index contributed by atoms with van der Waals surface area (Å²) in [4.78, 5) is 11.4. The monoisotopic (exact) mass is 214 g/mol. The van der Waals surface area contributed by atoms with Crippen LogP contribution in [0.2, 0.25) is 0 Å². The topological polar surface area (TPSA) is 35.5 Å². The molecule has 1 fully saturated rings. The fourth-order valence-electron chi connectivity index (χ4n) is 1.90. The summed E-state index contributed by atoms with van der Waals surface area (Å²) in [5.41, 5.74) is -0.461. The van der Waals surface area contributed by atoms with Crippen LogP contribution in [0.4, 0.5) is 4.79 Å². The third kappa shape index (κ3) is 5.05. The number of carbonyl (C=O) groups excluding carboxylic acids is 1. The van der Waals surface area contributed by atoms with Crippen molar-refractivity contribution in [3.63, 3.8) is 0 Å². The zero-order valence-electron chi connectivity index (χ0n) is 10.2. The molecule has 0 amide bonds. The molecule has 0 bridgehead atoms. The molecule has 0 N–H and O–H groups in total. The van der Waals surface area contributed by atoms with Crippen molar-refractivity contribution in [3.05, 3.63) is 0 Å². The number of carbonyl (C=O) groups is 1. The highest BCUT2D eigenvalue weighted by Crippen LogP contribution is 2.26. The number of rotatable bonds is 1. The van der Waals surface area contributed by atoms with Crippen LogP contribution in [-0.2, 0) is 9.47 Å². The van der Waals surface area contributed by atoms with E-state index in [-0.39, 0.29) is 6.10 Å². The van der Waals surface area contributed by atoms with Crippen molar-refractivity contribution >= 4 is 6.16 Å². The molecule has 1 aliphatic rings. The van der Waals surface area contributed by atoms with Crippen molar-refractivity contribution in [1.29, 1.82) is 0 Å². The van der Waals surface area contributed by atoms with E-state index in [2.05, 4.69) is 6.92 Å². The van der Waals surface area contributed by atoms with Gasteiger partial charge in [-0.1, -0.05) is 13.3 Å². The largest absolute Gasteiger partial charge is 0.509 e. The van der Waals surface area contributed by atoms with Gasteiger partial charge in [-0.05, 0) is 46.0 Å². The molecule has 0 aromatic rings. The SMILES string of the molecule is CC1CCCC(OC(=O)OC(C)(C)C)C1. The van der Waals surface area contributed by atoms with Gasteiger partial charge in [0.15, 0.2) is 0 Å². The zero-order chi connectivity index (χ0) is 11.5. The Morgan fingerprint density at radius 1 is 1.27 bits per heavy atom. The van der Waals surface area contributed by atoms with Crippen LogP contribution in [0.1, 0.15) is 53.4 Å². The lowest BCUT2D eigenvalue weighted by molar-refractivity contribution is -0.0373. The maximum Gasteiger partial charge on any atom is 0.509 e. The molecular formula is C12H22O3. The molecule has 2 atom stereocenters. The fraction of sp³-hybridized carbons (Fsp3) is 0.917. The molecule has 0 aromatic carbocycles. The van der Waals surface area contributed by atoms with Crippen LogP contribution in [0.15, 0.2) is 0 Å². The maximum atomic E-state index is 11.4. The van der Waals surface area contributed by atoms with Gasteiger partial charge in [0.2, 0.25) is 0 Å².